The molecule has 0 aliphatic heterocycles. The number of non-ortho nitro benzene ring substituents is 1. The zero-order valence-electron chi connectivity index (χ0n) is 14.2. The van der Waals surface area contributed by atoms with Crippen LogP contribution in [0, 0.1) is 24.0 Å². The largest absolute Gasteiger partial charge is 0.341 e. The second kappa shape index (κ2) is 7.57. The van der Waals surface area contributed by atoms with E-state index in [0.717, 1.165) is 11.1 Å². The van der Waals surface area contributed by atoms with Gasteiger partial charge < -0.3 is 10.6 Å². The number of hydrogen-bond acceptors (Lipinski definition) is 4. The number of anilines is 1. The van der Waals surface area contributed by atoms with Crippen LogP contribution < -0.4 is 10.6 Å². The van der Waals surface area contributed by atoms with Gasteiger partial charge in [0.05, 0.1) is 4.92 Å². The highest BCUT2D eigenvalue weighted by Gasteiger charge is 2.19. The van der Waals surface area contributed by atoms with Gasteiger partial charge in [0, 0.05) is 23.4 Å². The molecule has 0 aliphatic rings. The Balaban J connectivity index is 2.05. The average molecular weight is 341 g/mol. The summed E-state index contributed by atoms with van der Waals surface area (Å²) < 4.78 is 0. The molecule has 0 bridgehead atoms. The highest BCUT2D eigenvalue weighted by Crippen LogP contribution is 2.18. The van der Waals surface area contributed by atoms with Crippen molar-refractivity contribution in [3.63, 3.8) is 0 Å². The van der Waals surface area contributed by atoms with Crippen molar-refractivity contribution in [3.05, 3.63) is 69.3 Å². The summed E-state index contributed by atoms with van der Waals surface area (Å²) in [6.07, 6.45) is 0. The molecular weight excluding hydrogens is 322 g/mol. The van der Waals surface area contributed by atoms with Gasteiger partial charge in [-0.3, -0.25) is 19.7 Å². The lowest BCUT2D eigenvalue weighted by Crippen LogP contribution is -2.41. The molecule has 0 heterocycles. The summed E-state index contributed by atoms with van der Waals surface area (Å²) in [4.78, 5) is 34.7. The zero-order valence-corrected chi connectivity index (χ0v) is 14.2. The molecule has 2 N–H and O–H groups in total. The molecule has 0 aliphatic carbocycles. The molecule has 0 aromatic heterocycles. The minimum absolute atomic E-state index is 0.126. The van der Waals surface area contributed by atoms with Crippen molar-refractivity contribution < 1.29 is 14.5 Å². The van der Waals surface area contributed by atoms with E-state index in [-0.39, 0.29) is 17.2 Å². The highest BCUT2D eigenvalue weighted by atomic mass is 16.6. The first-order chi connectivity index (χ1) is 11.8. The van der Waals surface area contributed by atoms with Gasteiger partial charge in [-0.2, -0.15) is 0 Å². The third-order valence-electron chi connectivity index (χ3n) is 3.92. The predicted molar refractivity (Wildman–Crippen MR) is 94.6 cm³/mol. The van der Waals surface area contributed by atoms with Gasteiger partial charge >= 0.3 is 0 Å². The van der Waals surface area contributed by atoms with Crippen LogP contribution in [0.15, 0.2) is 42.5 Å². The van der Waals surface area contributed by atoms with Crippen LogP contribution in [0.3, 0.4) is 0 Å². The first kappa shape index (κ1) is 18.1. The van der Waals surface area contributed by atoms with Crippen LogP contribution in [0.4, 0.5) is 11.4 Å². The number of amides is 2. The number of carbonyl (C=O) groups excluding carboxylic acids is 2. The van der Waals surface area contributed by atoms with Gasteiger partial charge in [0.2, 0.25) is 5.91 Å². The van der Waals surface area contributed by atoms with E-state index in [4.69, 9.17) is 0 Å². The smallest absolute Gasteiger partial charge is 0.270 e. The molecule has 0 fully saturated rings. The Hall–Kier alpha value is -3.22. The van der Waals surface area contributed by atoms with Gasteiger partial charge in [-0.25, -0.2) is 0 Å². The second-order valence-electron chi connectivity index (χ2n) is 5.74. The van der Waals surface area contributed by atoms with Crippen LogP contribution in [-0.2, 0) is 4.79 Å². The predicted octanol–water partition coefficient (Wildman–Crippen LogP) is 2.97. The molecule has 0 spiro atoms. The number of nitrogens with zero attached hydrogens (tertiary/aromatic N) is 1. The molecule has 0 radical (unpaired) electrons. The van der Waals surface area contributed by atoms with Crippen molar-refractivity contribution in [3.8, 4) is 0 Å². The van der Waals surface area contributed by atoms with E-state index in [1.54, 1.807) is 13.0 Å². The standard InChI is InChI=1S/C18H19N3O4/c1-11-6-4-9-16(12(11)2)20-17(22)13(3)19-18(23)14-7-5-8-15(10-14)21(24)25/h4-10,13H,1-3H3,(H,19,23)(H,20,22). The summed E-state index contributed by atoms with van der Waals surface area (Å²) in [6.45, 7) is 5.39. The maximum absolute atomic E-state index is 12.3. The van der Waals surface area contributed by atoms with E-state index in [1.165, 1.54) is 24.3 Å². The summed E-state index contributed by atoms with van der Waals surface area (Å²) in [5.41, 5.74) is 2.63. The molecule has 2 aromatic rings. The number of carbonyl (C=O) groups is 2. The van der Waals surface area contributed by atoms with Gasteiger partial charge in [-0.1, -0.05) is 18.2 Å². The molecule has 2 aromatic carbocycles. The quantitative estimate of drug-likeness (QED) is 0.645. The van der Waals surface area contributed by atoms with E-state index >= 15 is 0 Å². The Morgan fingerprint density at radius 2 is 1.80 bits per heavy atom. The van der Waals surface area contributed by atoms with Crippen molar-refractivity contribution in [2.45, 2.75) is 26.8 Å². The van der Waals surface area contributed by atoms with Crippen LogP contribution in [0.5, 0.6) is 0 Å². The lowest BCUT2D eigenvalue weighted by Gasteiger charge is -2.16. The van der Waals surface area contributed by atoms with Gasteiger partial charge in [-0.15, -0.1) is 0 Å². The fraction of sp³-hybridized carbons (Fsp3) is 0.222. The summed E-state index contributed by atoms with van der Waals surface area (Å²) in [5.74, 6) is -0.917. The second-order valence-corrected chi connectivity index (χ2v) is 5.74. The van der Waals surface area contributed by atoms with Crippen LogP contribution >= 0.6 is 0 Å². The van der Waals surface area contributed by atoms with E-state index in [1.807, 2.05) is 26.0 Å². The summed E-state index contributed by atoms with van der Waals surface area (Å²) in [7, 11) is 0. The fourth-order valence-electron chi connectivity index (χ4n) is 2.23. The fourth-order valence-corrected chi connectivity index (χ4v) is 2.23. The van der Waals surface area contributed by atoms with Gasteiger partial charge in [0.15, 0.2) is 0 Å². The molecule has 1 unspecified atom stereocenters. The van der Waals surface area contributed by atoms with Crippen LogP contribution in [0.25, 0.3) is 0 Å². The molecule has 7 nitrogen and oxygen atoms in total. The maximum Gasteiger partial charge on any atom is 0.270 e. The van der Waals surface area contributed by atoms with Gasteiger partial charge in [-0.05, 0) is 44.0 Å². The number of nitrogens with one attached hydrogen (secondary N) is 2. The lowest BCUT2D eigenvalue weighted by atomic mass is 10.1. The van der Waals surface area contributed by atoms with Gasteiger partial charge in [0.25, 0.3) is 11.6 Å². The van der Waals surface area contributed by atoms with Crippen molar-refractivity contribution in [2.24, 2.45) is 0 Å². The van der Waals surface area contributed by atoms with E-state index in [2.05, 4.69) is 10.6 Å². The normalized spacial score (nSPS) is 11.5. The van der Waals surface area contributed by atoms with Crippen molar-refractivity contribution in [2.75, 3.05) is 5.32 Å². The van der Waals surface area contributed by atoms with E-state index < -0.39 is 16.9 Å². The number of nitro groups is 1. The Morgan fingerprint density at radius 1 is 1.12 bits per heavy atom. The molecule has 0 saturated heterocycles. The van der Waals surface area contributed by atoms with Crippen LogP contribution in [0.1, 0.15) is 28.4 Å². The van der Waals surface area contributed by atoms with Crippen molar-refractivity contribution in [1.29, 1.82) is 0 Å². The van der Waals surface area contributed by atoms with Crippen LogP contribution in [0.2, 0.25) is 0 Å². The SMILES string of the molecule is Cc1cccc(NC(=O)C(C)NC(=O)c2cccc([N+](=O)[O-])c2)c1C. The maximum atomic E-state index is 12.3. The highest BCUT2D eigenvalue weighted by molar-refractivity contribution is 6.01. The average Bonchev–Trinajstić information content (AvgIpc) is 2.58. The molecule has 0 saturated carbocycles. The Bertz CT molecular complexity index is 833. The summed E-state index contributed by atoms with van der Waals surface area (Å²) in [5, 5.41) is 16.1. The first-order valence-electron chi connectivity index (χ1n) is 7.72. The third-order valence-corrected chi connectivity index (χ3v) is 3.92. The molecule has 130 valence electrons. The number of benzene rings is 2. The summed E-state index contributed by atoms with van der Waals surface area (Å²) >= 11 is 0. The van der Waals surface area contributed by atoms with Crippen molar-refractivity contribution in [1.82, 2.24) is 5.32 Å². The number of rotatable bonds is 5. The zero-order chi connectivity index (χ0) is 18.6. The molecule has 25 heavy (non-hydrogen) atoms. The number of hydrogen-bond donors (Lipinski definition) is 2. The molecule has 2 amide bonds. The minimum Gasteiger partial charge on any atom is -0.341 e. The molecule has 2 rings (SSSR count). The molecule has 1 atom stereocenters. The monoisotopic (exact) mass is 341 g/mol. The van der Waals surface area contributed by atoms with E-state index in [9.17, 15) is 19.7 Å². The van der Waals surface area contributed by atoms with Crippen LogP contribution in [-0.4, -0.2) is 22.8 Å². The summed E-state index contributed by atoms with van der Waals surface area (Å²) in [6, 6.07) is 10.1. The molecular formula is C18H19N3O4. The van der Waals surface area contributed by atoms with E-state index in [0.29, 0.717) is 5.69 Å². The van der Waals surface area contributed by atoms with Crippen molar-refractivity contribution >= 4 is 23.2 Å². The Kier molecular flexibility index (Phi) is 5.49. The molecule has 7 heteroatoms. The number of nitro benzene ring substituents is 1. The lowest BCUT2D eigenvalue weighted by molar-refractivity contribution is -0.384. The number of aryl methyl sites for hydroxylation is 1. The first-order valence-corrected chi connectivity index (χ1v) is 7.72. The topological polar surface area (TPSA) is 101 Å². The Morgan fingerprint density at radius 3 is 2.48 bits per heavy atom. The van der Waals surface area contributed by atoms with Gasteiger partial charge in [0.1, 0.15) is 6.04 Å². The Labute approximate surface area is 145 Å². The third kappa shape index (κ3) is 4.41. The minimum atomic E-state index is -0.799.